The standard InChI is InChI=1S/C23H21.C13H8F2.C5H5.2ClH.Zr/c1-22(2)7-5-14-10-18-16(12-20(14)22)9-17-13-21-15(11-19(17)18)6-8-23(21,3)4;14-12-5-1-10(2-6-12)9-11-3-7-13(15)8-4-11;1-2-4-5-3-1;;;/h5-13H,1-4H3;1-8H;1-3H,4H2;2*1H;/q;;;;;+2/p-2. The molecule has 8 rings (SSSR count). The minimum Gasteiger partial charge on any atom is -1.00 e. The summed E-state index contributed by atoms with van der Waals surface area (Å²) in [5.74, 6) is -0.488. The van der Waals surface area contributed by atoms with Gasteiger partial charge in [-0.2, -0.15) is 0 Å². The molecule has 4 aromatic rings. The van der Waals surface area contributed by atoms with Gasteiger partial charge in [-0.15, -0.1) is 0 Å². The van der Waals surface area contributed by atoms with Crippen molar-refractivity contribution in [2.24, 2.45) is 0 Å². The van der Waals surface area contributed by atoms with Gasteiger partial charge in [0.05, 0.1) is 0 Å². The van der Waals surface area contributed by atoms with Crippen LogP contribution in [0.4, 0.5) is 8.78 Å². The molecule has 4 aromatic carbocycles. The monoisotopic (exact) mass is 724 g/mol. The summed E-state index contributed by atoms with van der Waals surface area (Å²) in [6, 6.07) is 23.9. The van der Waals surface area contributed by atoms with Gasteiger partial charge in [-0.3, -0.25) is 0 Å². The first kappa shape index (κ1) is 33.0. The van der Waals surface area contributed by atoms with Gasteiger partial charge in [0.15, 0.2) is 0 Å². The van der Waals surface area contributed by atoms with Gasteiger partial charge in [0.25, 0.3) is 0 Å². The second kappa shape index (κ2) is 11.9. The zero-order valence-electron chi connectivity index (χ0n) is 26.3. The number of fused-ring (bicyclic) bond motifs is 5. The number of rotatable bonds is 4. The summed E-state index contributed by atoms with van der Waals surface area (Å²) < 4.78 is 31.7. The molecule has 0 aromatic heterocycles. The summed E-state index contributed by atoms with van der Waals surface area (Å²) in [4.78, 5) is 0. The van der Waals surface area contributed by atoms with E-state index in [4.69, 9.17) is 0 Å². The average molecular weight is 727 g/mol. The minimum atomic E-state index is -2.99. The molecular formula is C41H34Cl2F2Zr. The Morgan fingerprint density at radius 2 is 1.13 bits per heavy atom. The van der Waals surface area contributed by atoms with Crippen molar-refractivity contribution in [2.75, 3.05) is 0 Å². The number of benzene rings is 4. The zero-order chi connectivity index (χ0) is 30.4. The smallest absolute Gasteiger partial charge is 1.00 e. The van der Waals surface area contributed by atoms with Gasteiger partial charge in [-0.1, -0.05) is 0 Å². The third kappa shape index (κ3) is 5.24. The molecule has 0 aliphatic heterocycles. The van der Waals surface area contributed by atoms with Crippen LogP contribution in [0, 0.1) is 11.6 Å². The maximum absolute atomic E-state index is 14.3. The molecule has 0 heterocycles. The van der Waals surface area contributed by atoms with E-state index in [-0.39, 0.29) is 50.9 Å². The molecule has 230 valence electrons. The van der Waals surface area contributed by atoms with Crippen LogP contribution in [0.25, 0.3) is 23.3 Å². The maximum Gasteiger partial charge on any atom is -1.00 e. The van der Waals surface area contributed by atoms with Crippen LogP contribution in [0.2, 0.25) is 0 Å². The van der Waals surface area contributed by atoms with E-state index in [1.165, 1.54) is 51.0 Å². The van der Waals surface area contributed by atoms with E-state index in [0.29, 0.717) is 0 Å². The molecule has 0 bridgehead atoms. The van der Waals surface area contributed by atoms with Gasteiger partial charge in [0.1, 0.15) is 0 Å². The molecule has 0 N–H and O–H groups in total. The van der Waals surface area contributed by atoms with Crippen molar-refractivity contribution in [2.45, 2.75) is 48.6 Å². The Kier molecular flexibility index (Phi) is 8.54. The summed E-state index contributed by atoms with van der Waals surface area (Å²) in [6.45, 7) is 9.22. The van der Waals surface area contributed by atoms with Gasteiger partial charge in [0, 0.05) is 0 Å². The second-order valence-corrected chi connectivity index (χ2v) is 20.0. The van der Waals surface area contributed by atoms with E-state index >= 15 is 0 Å². The molecule has 0 fully saturated rings. The van der Waals surface area contributed by atoms with Crippen molar-refractivity contribution >= 4 is 15.4 Å². The molecule has 46 heavy (non-hydrogen) atoms. The van der Waals surface area contributed by atoms with Crippen molar-refractivity contribution in [1.29, 1.82) is 0 Å². The van der Waals surface area contributed by atoms with Crippen molar-refractivity contribution in [3.05, 3.63) is 163 Å². The van der Waals surface area contributed by atoms with Crippen LogP contribution in [0.5, 0.6) is 0 Å². The fourth-order valence-corrected chi connectivity index (χ4v) is 16.7. The van der Waals surface area contributed by atoms with E-state index in [2.05, 4.69) is 94.5 Å². The Morgan fingerprint density at radius 1 is 0.674 bits per heavy atom. The number of hydrogen-bond acceptors (Lipinski definition) is 0. The van der Waals surface area contributed by atoms with Crippen LogP contribution >= 0.6 is 0 Å². The van der Waals surface area contributed by atoms with Gasteiger partial charge < -0.3 is 24.8 Å². The summed E-state index contributed by atoms with van der Waals surface area (Å²) in [5, 5.41) is 0. The quantitative estimate of drug-likeness (QED) is 0.293. The first-order chi connectivity index (χ1) is 21.1. The van der Waals surface area contributed by atoms with E-state index < -0.39 is 21.3 Å². The summed E-state index contributed by atoms with van der Waals surface area (Å²) in [7, 11) is 0. The van der Waals surface area contributed by atoms with Gasteiger partial charge in [0.2, 0.25) is 0 Å². The van der Waals surface area contributed by atoms with Gasteiger partial charge in [-0.25, -0.2) is 0 Å². The molecule has 0 nitrogen and oxygen atoms in total. The number of allylic oxidation sites excluding steroid dienone is 6. The predicted octanol–water partition coefficient (Wildman–Crippen LogP) is 4.38. The largest absolute Gasteiger partial charge is 1.00 e. The molecule has 0 saturated carbocycles. The third-order valence-corrected chi connectivity index (χ3v) is 18.3. The number of hydrogen-bond donors (Lipinski definition) is 0. The molecule has 0 spiro atoms. The van der Waals surface area contributed by atoms with Crippen molar-refractivity contribution < 1.29 is 54.9 Å². The average Bonchev–Trinajstić information content (AvgIpc) is 3.77. The Morgan fingerprint density at radius 3 is 1.54 bits per heavy atom. The van der Waals surface area contributed by atoms with Crippen LogP contribution in [-0.2, 0) is 32.1 Å². The van der Waals surface area contributed by atoms with Gasteiger partial charge in [-0.05, 0) is 0 Å². The minimum absolute atomic E-state index is 0. The molecule has 4 aliphatic carbocycles. The molecule has 5 heteroatoms. The first-order valence-corrected chi connectivity index (χ1v) is 19.4. The van der Waals surface area contributed by atoms with Gasteiger partial charge >= 0.3 is 268 Å². The third-order valence-electron chi connectivity index (χ3n) is 10.0. The molecule has 0 atom stereocenters. The SMILES string of the molecule is CC1(C)C=Cc2cc3c(cc21)[CH]([Zr+2]([C]1=CC=CC1)=[C](c1ccc(F)cc1)c1ccc(F)cc1)c1cc2c(cc1-3)C=CC2(C)C.[Cl-].[Cl-]. The summed E-state index contributed by atoms with van der Waals surface area (Å²) >= 11 is -2.99. The van der Waals surface area contributed by atoms with Crippen molar-refractivity contribution in [1.82, 2.24) is 0 Å². The Bertz CT molecular complexity index is 1910. The first-order valence-electron chi connectivity index (χ1n) is 15.5. The summed E-state index contributed by atoms with van der Waals surface area (Å²) in [6.07, 6.45) is 17.0. The molecule has 0 radical (unpaired) electrons. The molecule has 4 aliphatic rings. The van der Waals surface area contributed by atoms with E-state index in [9.17, 15) is 8.78 Å². The Hall–Kier alpha value is -2.97. The molecule has 0 unspecified atom stereocenters. The fourth-order valence-electron chi connectivity index (χ4n) is 7.70. The van der Waals surface area contributed by atoms with E-state index in [1.54, 1.807) is 24.3 Å². The van der Waals surface area contributed by atoms with E-state index in [1.807, 2.05) is 24.3 Å². The Labute approximate surface area is 290 Å². The molecule has 0 amide bonds. The van der Waals surface area contributed by atoms with Crippen LogP contribution < -0.4 is 24.8 Å². The second-order valence-electron chi connectivity index (χ2n) is 13.7. The van der Waals surface area contributed by atoms with Crippen LogP contribution in [0.1, 0.15) is 82.2 Å². The maximum atomic E-state index is 14.3. The normalized spacial score (nSPS) is 16.8. The Balaban J connectivity index is 0.00000186. The van der Waals surface area contributed by atoms with E-state index in [0.717, 1.165) is 17.5 Å². The van der Waals surface area contributed by atoms with Crippen molar-refractivity contribution in [3.8, 4) is 11.1 Å². The summed E-state index contributed by atoms with van der Waals surface area (Å²) in [5.41, 5.74) is 12.9. The zero-order valence-corrected chi connectivity index (χ0v) is 30.2. The fraction of sp³-hybridized carbons (Fsp3) is 0.195. The molecule has 0 saturated heterocycles. The predicted molar refractivity (Wildman–Crippen MR) is 176 cm³/mol. The van der Waals surface area contributed by atoms with Crippen LogP contribution in [0.3, 0.4) is 0 Å². The van der Waals surface area contributed by atoms with Crippen molar-refractivity contribution in [3.63, 3.8) is 0 Å². The molecular weight excluding hydrogens is 693 g/mol. The topological polar surface area (TPSA) is 0 Å². The van der Waals surface area contributed by atoms with Crippen LogP contribution in [0.15, 0.2) is 106 Å². The van der Waals surface area contributed by atoms with Crippen LogP contribution in [-0.4, -0.2) is 3.21 Å². The number of halogens is 4.